The van der Waals surface area contributed by atoms with Crippen LogP contribution in [0.4, 0.5) is 0 Å². The Balaban J connectivity index is 2.27. The van der Waals surface area contributed by atoms with Crippen LogP contribution in [0.25, 0.3) is 0 Å². The van der Waals surface area contributed by atoms with E-state index in [0.717, 1.165) is 11.7 Å². The molecule has 1 N–H and O–H groups in total. The van der Waals surface area contributed by atoms with E-state index in [9.17, 15) is 4.57 Å². The highest BCUT2D eigenvalue weighted by Gasteiger charge is 2.38. The Bertz CT molecular complexity index is 529. The van der Waals surface area contributed by atoms with Crippen molar-refractivity contribution >= 4 is 12.8 Å². The lowest BCUT2D eigenvalue weighted by Gasteiger charge is -2.39. The van der Waals surface area contributed by atoms with Crippen LogP contribution < -0.4 is 10.4 Å². The fourth-order valence-electron chi connectivity index (χ4n) is 3.56. The summed E-state index contributed by atoms with van der Waals surface area (Å²) in [5.74, 6) is 1.67. The van der Waals surface area contributed by atoms with Gasteiger partial charge in [-0.1, -0.05) is 45.4 Å². The molecule has 1 aliphatic carbocycles. The van der Waals surface area contributed by atoms with Crippen molar-refractivity contribution in [3.05, 3.63) is 30.3 Å². The summed E-state index contributed by atoms with van der Waals surface area (Å²) in [5, 5.41) is 4.00. The highest BCUT2D eigenvalue weighted by Crippen LogP contribution is 2.48. The minimum Gasteiger partial charge on any atom is -0.311 e. The average Bonchev–Trinajstić information content (AvgIpc) is 2.47. The van der Waals surface area contributed by atoms with Crippen molar-refractivity contribution in [2.24, 2.45) is 17.8 Å². The topological polar surface area (TPSA) is 38.3 Å². The molecule has 4 heteroatoms. The largest absolute Gasteiger partial charge is 0.311 e. The molecule has 0 aliphatic heterocycles. The van der Waals surface area contributed by atoms with Crippen molar-refractivity contribution < 1.29 is 9.09 Å². The van der Waals surface area contributed by atoms with Crippen LogP contribution in [0.15, 0.2) is 30.3 Å². The van der Waals surface area contributed by atoms with Gasteiger partial charge in [0.05, 0.1) is 11.4 Å². The molecule has 0 saturated heterocycles. The molecule has 1 fully saturated rings. The molecule has 4 atom stereocenters. The maximum absolute atomic E-state index is 13.6. The normalized spacial score (nSPS) is 28.0. The molecule has 0 bridgehead atoms. The molecule has 0 spiro atoms. The van der Waals surface area contributed by atoms with E-state index in [2.05, 4.69) is 25.9 Å². The van der Waals surface area contributed by atoms with Gasteiger partial charge in [0.1, 0.15) is 0 Å². The molecule has 0 amide bonds. The van der Waals surface area contributed by atoms with E-state index in [1.807, 2.05) is 44.2 Å². The van der Waals surface area contributed by atoms with Crippen LogP contribution in [0.2, 0.25) is 0 Å². The summed E-state index contributed by atoms with van der Waals surface area (Å²) >= 11 is 0. The summed E-state index contributed by atoms with van der Waals surface area (Å²) in [4.78, 5) is 0. The summed E-state index contributed by atoms with van der Waals surface area (Å²) < 4.78 is 20.0. The molecule has 0 heterocycles. The first-order chi connectivity index (χ1) is 10.8. The van der Waals surface area contributed by atoms with E-state index in [-0.39, 0.29) is 12.1 Å². The lowest BCUT2D eigenvalue weighted by molar-refractivity contribution is 0.0480. The lowest BCUT2D eigenvalue weighted by Crippen LogP contribution is -2.37. The molecule has 3 nitrogen and oxygen atoms in total. The summed E-state index contributed by atoms with van der Waals surface area (Å²) in [7, 11) is -3.05. The van der Waals surface area contributed by atoms with Crippen molar-refractivity contribution in [2.45, 2.75) is 66.0 Å². The quantitative estimate of drug-likeness (QED) is 0.744. The zero-order valence-corrected chi connectivity index (χ0v) is 16.1. The maximum Gasteiger partial charge on any atom is 0.300 e. The Morgan fingerprint density at radius 3 is 2.35 bits per heavy atom. The first kappa shape index (κ1) is 18.7. The first-order valence-electron chi connectivity index (χ1n) is 8.93. The van der Waals surface area contributed by atoms with E-state index in [1.54, 1.807) is 0 Å². The molecular weight excluding hydrogens is 305 g/mol. The Hall–Kier alpha value is -0.630. The number of hydrogen-bond donors (Lipinski definition) is 1. The van der Waals surface area contributed by atoms with Gasteiger partial charge in [-0.3, -0.25) is 4.57 Å². The van der Waals surface area contributed by atoms with Crippen LogP contribution in [-0.4, -0.2) is 12.1 Å². The zero-order chi connectivity index (χ0) is 17.0. The van der Waals surface area contributed by atoms with Gasteiger partial charge in [-0.15, -0.1) is 0 Å². The second-order valence-electron chi connectivity index (χ2n) is 7.64. The Morgan fingerprint density at radius 2 is 1.78 bits per heavy atom. The van der Waals surface area contributed by atoms with Gasteiger partial charge in [-0.25, -0.2) is 5.09 Å². The predicted octanol–water partition coefficient (Wildman–Crippen LogP) is 4.98. The van der Waals surface area contributed by atoms with Crippen LogP contribution in [0.5, 0.6) is 0 Å². The van der Waals surface area contributed by atoms with E-state index in [4.69, 9.17) is 4.52 Å². The molecule has 130 valence electrons. The second kappa shape index (κ2) is 7.96. The average molecular weight is 337 g/mol. The molecular formula is C19H32NO2P. The van der Waals surface area contributed by atoms with Crippen molar-refractivity contribution in [1.29, 1.82) is 0 Å². The summed E-state index contributed by atoms with van der Waals surface area (Å²) in [6.07, 6.45) is 3.48. The SMILES string of the molecule is CC(C)N[P@@](=O)(O[C@H]1C[C@@H](C)CC[C@@H]1C(C)C)c1ccccc1. The zero-order valence-electron chi connectivity index (χ0n) is 15.2. The summed E-state index contributed by atoms with van der Waals surface area (Å²) in [6, 6.07) is 9.73. The maximum atomic E-state index is 13.6. The number of nitrogens with one attached hydrogen (secondary N) is 1. The number of benzene rings is 1. The third-order valence-electron chi connectivity index (χ3n) is 4.77. The molecule has 1 aromatic carbocycles. The van der Waals surface area contributed by atoms with E-state index in [0.29, 0.717) is 17.8 Å². The summed E-state index contributed by atoms with van der Waals surface area (Å²) in [5.41, 5.74) is 0. The molecule has 0 aromatic heterocycles. The van der Waals surface area contributed by atoms with Crippen LogP contribution in [0.3, 0.4) is 0 Å². The summed E-state index contributed by atoms with van der Waals surface area (Å²) in [6.45, 7) is 10.8. The minimum absolute atomic E-state index is 0.0658. The van der Waals surface area contributed by atoms with Crippen molar-refractivity contribution in [3.8, 4) is 0 Å². The molecule has 1 aliphatic rings. The van der Waals surface area contributed by atoms with Crippen molar-refractivity contribution in [1.82, 2.24) is 5.09 Å². The van der Waals surface area contributed by atoms with E-state index >= 15 is 0 Å². The smallest absolute Gasteiger partial charge is 0.300 e. The number of hydrogen-bond acceptors (Lipinski definition) is 2. The number of rotatable bonds is 6. The monoisotopic (exact) mass is 337 g/mol. The minimum atomic E-state index is -3.05. The Labute approximate surface area is 141 Å². The third-order valence-corrected chi connectivity index (χ3v) is 7.17. The highest BCUT2D eigenvalue weighted by atomic mass is 31.2. The standard InChI is InChI=1S/C19H32NO2P/c1-14(2)18-12-11-16(5)13-19(18)22-23(21,20-15(3)4)17-9-7-6-8-10-17/h6-10,14-16,18-19H,11-13H2,1-5H3,(H,20,21)/t16-,18+,19-,23-/m0/s1. The fraction of sp³-hybridized carbons (Fsp3) is 0.684. The molecule has 2 rings (SSSR count). The van der Waals surface area contributed by atoms with Gasteiger partial charge in [-0.05, 0) is 56.6 Å². The Morgan fingerprint density at radius 1 is 1.13 bits per heavy atom. The first-order valence-corrected chi connectivity index (χ1v) is 10.6. The van der Waals surface area contributed by atoms with Crippen LogP contribution in [-0.2, 0) is 9.09 Å². The van der Waals surface area contributed by atoms with Gasteiger partial charge >= 0.3 is 0 Å². The van der Waals surface area contributed by atoms with E-state index in [1.165, 1.54) is 12.8 Å². The van der Waals surface area contributed by atoms with Crippen LogP contribution in [0, 0.1) is 17.8 Å². The van der Waals surface area contributed by atoms with Gasteiger partial charge in [-0.2, -0.15) is 0 Å². The Kier molecular flexibility index (Phi) is 6.48. The molecule has 1 aromatic rings. The van der Waals surface area contributed by atoms with Crippen molar-refractivity contribution in [3.63, 3.8) is 0 Å². The molecule has 0 radical (unpaired) electrons. The lowest BCUT2D eigenvalue weighted by atomic mass is 9.75. The molecule has 0 unspecified atom stereocenters. The molecule has 23 heavy (non-hydrogen) atoms. The highest BCUT2D eigenvalue weighted by molar-refractivity contribution is 7.65. The van der Waals surface area contributed by atoms with Crippen LogP contribution >= 0.6 is 7.52 Å². The van der Waals surface area contributed by atoms with Crippen molar-refractivity contribution in [2.75, 3.05) is 0 Å². The van der Waals surface area contributed by atoms with Gasteiger partial charge in [0, 0.05) is 6.04 Å². The predicted molar refractivity (Wildman–Crippen MR) is 98.2 cm³/mol. The fourth-order valence-corrected chi connectivity index (χ4v) is 5.76. The van der Waals surface area contributed by atoms with Gasteiger partial charge in [0.2, 0.25) is 0 Å². The molecule has 1 saturated carbocycles. The third kappa shape index (κ3) is 4.92. The van der Waals surface area contributed by atoms with Gasteiger partial charge < -0.3 is 4.52 Å². The van der Waals surface area contributed by atoms with Crippen LogP contribution in [0.1, 0.15) is 53.9 Å². The second-order valence-corrected chi connectivity index (χ2v) is 9.73. The van der Waals surface area contributed by atoms with Gasteiger partial charge in [0.15, 0.2) is 0 Å². The van der Waals surface area contributed by atoms with Gasteiger partial charge in [0.25, 0.3) is 7.52 Å². The van der Waals surface area contributed by atoms with E-state index < -0.39 is 7.52 Å².